The average Bonchev–Trinajstić information content (AvgIpc) is 3.27. The minimum absolute atomic E-state index is 0.160. The molecule has 142 valence electrons. The molecule has 0 atom stereocenters. The number of carbonyl (C=O) groups excluding carboxylic acids is 1. The number of hydrogen-bond acceptors (Lipinski definition) is 4. The summed E-state index contributed by atoms with van der Waals surface area (Å²) < 4.78 is 11.0. The lowest BCUT2D eigenvalue weighted by molar-refractivity contribution is -0.122. The van der Waals surface area contributed by atoms with E-state index in [1.54, 1.807) is 18.4 Å². The van der Waals surface area contributed by atoms with Gasteiger partial charge in [0.25, 0.3) is 5.91 Å². The second-order valence-corrected chi connectivity index (χ2v) is 6.82. The van der Waals surface area contributed by atoms with Crippen LogP contribution >= 0.6 is 12.2 Å². The zero-order chi connectivity index (χ0) is 19.1. The van der Waals surface area contributed by atoms with Crippen LogP contribution in [0.15, 0.2) is 52.8 Å². The van der Waals surface area contributed by atoms with Gasteiger partial charge in [-0.1, -0.05) is 38.3 Å². The van der Waals surface area contributed by atoms with Crippen LogP contribution in [0, 0.1) is 0 Å². The second-order valence-electron chi connectivity index (χ2n) is 6.44. The lowest BCUT2D eigenvalue weighted by Gasteiger charge is -2.11. The summed E-state index contributed by atoms with van der Waals surface area (Å²) in [5, 5.41) is 3.36. The topological polar surface area (TPSA) is 54.7 Å². The average molecular weight is 385 g/mol. The van der Waals surface area contributed by atoms with Crippen LogP contribution in [0.1, 0.15) is 43.9 Å². The number of nitrogens with one attached hydrogen (secondary N) is 1. The molecule has 0 unspecified atom stereocenters. The highest BCUT2D eigenvalue weighted by atomic mass is 32.1. The van der Waals surface area contributed by atoms with E-state index in [0.29, 0.717) is 23.1 Å². The molecule has 1 fully saturated rings. The Kier molecular flexibility index (Phi) is 6.65. The molecule has 5 nitrogen and oxygen atoms in total. The van der Waals surface area contributed by atoms with Gasteiger partial charge in [0.1, 0.15) is 17.2 Å². The fourth-order valence-corrected chi connectivity index (χ4v) is 3.08. The molecule has 2 aromatic rings. The van der Waals surface area contributed by atoms with E-state index < -0.39 is 0 Å². The van der Waals surface area contributed by atoms with Crippen molar-refractivity contribution in [1.82, 2.24) is 10.2 Å². The number of amides is 1. The van der Waals surface area contributed by atoms with Gasteiger partial charge in [0.15, 0.2) is 5.11 Å². The van der Waals surface area contributed by atoms with E-state index in [0.717, 1.165) is 24.3 Å². The highest BCUT2D eigenvalue weighted by Crippen LogP contribution is 2.19. The molecule has 0 aliphatic carbocycles. The smallest absolute Gasteiger partial charge is 0.276 e. The number of hydrogen-bond donors (Lipinski definition) is 1. The Labute approximate surface area is 165 Å². The van der Waals surface area contributed by atoms with E-state index in [1.165, 1.54) is 24.2 Å². The van der Waals surface area contributed by atoms with Crippen LogP contribution in [0.4, 0.5) is 0 Å². The molecule has 1 N–H and O–H groups in total. The molecule has 1 aromatic carbocycles. The van der Waals surface area contributed by atoms with Gasteiger partial charge < -0.3 is 14.5 Å². The molecule has 2 heterocycles. The van der Waals surface area contributed by atoms with Crippen LogP contribution in [0.2, 0.25) is 0 Å². The monoisotopic (exact) mass is 384 g/mol. The van der Waals surface area contributed by atoms with Crippen molar-refractivity contribution in [3.8, 4) is 5.75 Å². The van der Waals surface area contributed by atoms with Crippen LogP contribution < -0.4 is 10.1 Å². The highest BCUT2D eigenvalue weighted by molar-refractivity contribution is 7.80. The minimum Gasteiger partial charge on any atom is -0.494 e. The first kappa shape index (κ1) is 19.2. The van der Waals surface area contributed by atoms with Crippen LogP contribution in [0.25, 0.3) is 6.08 Å². The van der Waals surface area contributed by atoms with Crippen molar-refractivity contribution in [2.75, 3.05) is 6.61 Å². The van der Waals surface area contributed by atoms with Gasteiger partial charge in [-0.05, 0) is 54.5 Å². The van der Waals surface area contributed by atoms with Crippen molar-refractivity contribution in [1.29, 1.82) is 0 Å². The number of nitrogens with zero attached hydrogens (tertiary/aromatic N) is 1. The predicted octanol–water partition coefficient (Wildman–Crippen LogP) is 4.50. The quantitative estimate of drug-likeness (QED) is 0.392. The summed E-state index contributed by atoms with van der Waals surface area (Å²) in [6, 6.07) is 11.3. The lowest BCUT2D eigenvalue weighted by Crippen LogP contribution is -2.29. The summed E-state index contributed by atoms with van der Waals surface area (Å²) in [7, 11) is 0. The largest absolute Gasteiger partial charge is 0.494 e. The van der Waals surface area contributed by atoms with Gasteiger partial charge >= 0.3 is 0 Å². The molecule has 27 heavy (non-hydrogen) atoms. The first-order valence-corrected chi connectivity index (χ1v) is 9.68. The molecule has 1 aromatic heterocycles. The third-order valence-corrected chi connectivity index (χ3v) is 4.64. The summed E-state index contributed by atoms with van der Waals surface area (Å²) in [5.74, 6) is 1.37. The number of thiocarbonyl (C=S) groups is 1. The van der Waals surface area contributed by atoms with Crippen molar-refractivity contribution in [3.63, 3.8) is 0 Å². The molecule has 1 aliphatic rings. The number of furan rings is 1. The van der Waals surface area contributed by atoms with Crippen LogP contribution in [-0.4, -0.2) is 22.5 Å². The highest BCUT2D eigenvalue weighted by Gasteiger charge is 2.31. The molecule has 0 saturated carbocycles. The van der Waals surface area contributed by atoms with Gasteiger partial charge in [-0.2, -0.15) is 0 Å². The Balaban J connectivity index is 1.58. The molecule has 0 bridgehead atoms. The second kappa shape index (κ2) is 9.37. The van der Waals surface area contributed by atoms with E-state index in [4.69, 9.17) is 21.4 Å². The zero-order valence-electron chi connectivity index (χ0n) is 15.4. The minimum atomic E-state index is -0.160. The molecule has 1 amide bonds. The van der Waals surface area contributed by atoms with Gasteiger partial charge in [-0.15, -0.1) is 0 Å². The van der Waals surface area contributed by atoms with E-state index in [9.17, 15) is 4.79 Å². The Morgan fingerprint density at radius 2 is 2.00 bits per heavy atom. The Bertz CT molecular complexity index is 797. The molecular formula is C21H24N2O3S. The molecule has 6 heteroatoms. The van der Waals surface area contributed by atoms with E-state index in [2.05, 4.69) is 12.2 Å². The maximum absolute atomic E-state index is 12.6. The Hall–Kier alpha value is -2.60. The van der Waals surface area contributed by atoms with Gasteiger partial charge in [0.05, 0.1) is 19.4 Å². The maximum Gasteiger partial charge on any atom is 0.276 e. The first-order chi connectivity index (χ1) is 13.2. The van der Waals surface area contributed by atoms with Crippen molar-refractivity contribution in [2.45, 2.75) is 39.2 Å². The van der Waals surface area contributed by atoms with Crippen molar-refractivity contribution < 1.29 is 13.9 Å². The third kappa shape index (κ3) is 5.20. The summed E-state index contributed by atoms with van der Waals surface area (Å²) in [6.45, 7) is 3.25. The van der Waals surface area contributed by atoms with E-state index >= 15 is 0 Å². The van der Waals surface area contributed by atoms with Crippen molar-refractivity contribution in [2.24, 2.45) is 0 Å². The molecule has 0 spiro atoms. The van der Waals surface area contributed by atoms with Crippen molar-refractivity contribution in [3.05, 3.63) is 59.7 Å². The Morgan fingerprint density at radius 1 is 1.19 bits per heavy atom. The fourth-order valence-electron chi connectivity index (χ4n) is 2.82. The van der Waals surface area contributed by atoms with Gasteiger partial charge in [0.2, 0.25) is 0 Å². The number of carbonyl (C=O) groups is 1. The molecule has 3 rings (SSSR count). The normalized spacial score (nSPS) is 15.4. The molecule has 1 aliphatic heterocycles. The number of benzene rings is 1. The van der Waals surface area contributed by atoms with Gasteiger partial charge in [0, 0.05) is 0 Å². The Morgan fingerprint density at radius 3 is 2.70 bits per heavy atom. The van der Waals surface area contributed by atoms with Gasteiger partial charge in [-0.3, -0.25) is 9.69 Å². The third-order valence-electron chi connectivity index (χ3n) is 4.31. The summed E-state index contributed by atoms with van der Waals surface area (Å²) >= 11 is 5.27. The molecule has 1 saturated heterocycles. The summed E-state index contributed by atoms with van der Waals surface area (Å²) in [5.41, 5.74) is 1.37. The fraction of sp³-hybridized carbons (Fsp3) is 0.333. The standard InChI is InChI=1S/C21H24N2O3S/c1-2-3-4-5-12-25-17-10-8-16(9-11-17)14-19-20(24)23(21(27)22-19)15-18-7-6-13-26-18/h6-11,13-14H,2-5,12,15H2,1H3,(H,22,27)/b19-14-. The predicted molar refractivity (Wildman–Crippen MR) is 109 cm³/mol. The van der Waals surface area contributed by atoms with Crippen LogP contribution in [0.3, 0.4) is 0 Å². The maximum atomic E-state index is 12.6. The number of rotatable bonds is 9. The van der Waals surface area contributed by atoms with Gasteiger partial charge in [-0.25, -0.2) is 0 Å². The lowest BCUT2D eigenvalue weighted by atomic mass is 10.2. The summed E-state index contributed by atoms with van der Waals surface area (Å²) in [4.78, 5) is 14.1. The molecular weight excluding hydrogens is 360 g/mol. The van der Waals surface area contributed by atoms with Crippen LogP contribution in [0.5, 0.6) is 5.75 Å². The SMILES string of the molecule is CCCCCCOc1ccc(/C=C2\NC(=S)N(Cc3ccco3)C2=O)cc1. The number of unbranched alkanes of at least 4 members (excludes halogenated alkanes) is 3. The summed E-state index contributed by atoms with van der Waals surface area (Å²) in [6.07, 6.45) is 8.11. The van der Waals surface area contributed by atoms with E-state index in [-0.39, 0.29) is 5.91 Å². The van der Waals surface area contributed by atoms with Crippen LogP contribution in [-0.2, 0) is 11.3 Å². The molecule has 0 radical (unpaired) electrons. The van der Waals surface area contributed by atoms with Crippen molar-refractivity contribution >= 4 is 29.3 Å². The first-order valence-electron chi connectivity index (χ1n) is 9.27. The van der Waals surface area contributed by atoms with E-state index in [1.807, 2.05) is 30.3 Å². The number of ether oxygens (including phenoxy) is 1. The zero-order valence-corrected chi connectivity index (χ0v) is 16.3.